The number of rotatable bonds is 8. The number of hydrogen-bond donors (Lipinski definition) is 2. The van der Waals surface area contributed by atoms with Crippen LogP contribution in [-0.4, -0.2) is 23.6 Å². The van der Waals surface area contributed by atoms with Crippen LogP contribution in [0.15, 0.2) is 54.6 Å². The number of carbonyl (C=O) groups is 2. The smallest absolute Gasteiger partial charge is 0.310 e. The molecule has 0 fully saturated rings. The summed E-state index contributed by atoms with van der Waals surface area (Å²) < 4.78 is 5.69. The number of anilines is 1. The van der Waals surface area contributed by atoms with E-state index in [2.05, 4.69) is 5.32 Å². The minimum absolute atomic E-state index is 0.149. The molecule has 0 bridgehead atoms. The van der Waals surface area contributed by atoms with Crippen molar-refractivity contribution in [2.45, 2.75) is 33.3 Å². The number of benzene rings is 2. The lowest BCUT2D eigenvalue weighted by molar-refractivity contribution is -0.138. The number of carboxylic acids is 1. The Balaban J connectivity index is 1.89. The molecule has 0 saturated carbocycles. The van der Waals surface area contributed by atoms with Crippen LogP contribution < -0.4 is 5.32 Å². The van der Waals surface area contributed by atoms with Crippen LogP contribution in [-0.2, 0) is 20.9 Å². The highest BCUT2D eigenvalue weighted by Crippen LogP contribution is 2.22. The van der Waals surface area contributed by atoms with Crippen LogP contribution in [0.1, 0.15) is 37.8 Å². The summed E-state index contributed by atoms with van der Waals surface area (Å²) in [5.41, 5.74) is 1.70. The van der Waals surface area contributed by atoms with Crippen molar-refractivity contribution in [3.8, 4) is 0 Å². The third-order valence-electron chi connectivity index (χ3n) is 4.23. The van der Waals surface area contributed by atoms with Gasteiger partial charge in [-0.1, -0.05) is 42.5 Å². The van der Waals surface area contributed by atoms with Gasteiger partial charge in [-0.3, -0.25) is 9.59 Å². The van der Waals surface area contributed by atoms with Gasteiger partial charge in [0.05, 0.1) is 24.5 Å². The van der Waals surface area contributed by atoms with E-state index in [1.807, 2.05) is 44.2 Å². The molecule has 0 aliphatic carbocycles. The first kappa shape index (κ1) is 19.7. The van der Waals surface area contributed by atoms with Crippen LogP contribution in [0.5, 0.6) is 0 Å². The number of hydrogen-bond acceptors (Lipinski definition) is 3. The van der Waals surface area contributed by atoms with Gasteiger partial charge in [0.25, 0.3) is 0 Å². The first-order chi connectivity index (χ1) is 12.3. The summed E-state index contributed by atoms with van der Waals surface area (Å²) in [6.07, 6.45) is 0. The van der Waals surface area contributed by atoms with Gasteiger partial charge in [-0.05, 0) is 44.0 Å². The minimum atomic E-state index is -0.876. The molecule has 0 saturated heterocycles. The quantitative estimate of drug-likeness (QED) is 0.749. The lowest BCUT2D eigenvalue weighted by Gasteiger charge is -2.23. The molecule has 5 nitrogen and oxygen atoms in total. The Bertz CT molecular complexity index is 738. The SMILES string of the molecule is CC(C(=O)O)c1ccc(NC(=O)C(C)(C)COCc2ccccc2)cc1. The maximum Gasteiger partial charge on any atom is 0.310 e. The molecule has 2 N–H and O–H groups in total. The van der Waals surface area contributed by atoms with Crippen molar-refractivity contribution in [1.82, 2.24) is 0 Å². The molecule has 0 spiro atoms. The Hall–Kier alpha value is -2.66. The summed E-state index contributed by atoms with van der Waals surface area (Å²) in [6, 6.07) is 16.7. The second-order valence-corrected chi connectivity index (χ2v) is 7.00. The second-order valence-electron chi connectivity index (χ2n) is 7.00. The van der Waals surface area contributed by atoms with Crippen molar-refractivity contribution in [1.29, 1.82) is 0 Å². The van der Waals surface area contributed by atoms with Gasteiger partial charge < -0.3 is 15.2 Å². The van der Waals surface area contributed by atoms with Gasteiger partial charge in [0.1, 0.15) is 0 Å². The van der Waals surface area contributed by atoms with E-state index in [9.17, 15) is 9.59 Å². The number of carbonyl (C=O) groups excluding carboxylic acids is 1. The van der Waals surface area contributed by atoms with E-state index >= 15 is 0 Å². The normalized spacial score (nSPS) is 12.4. The predicted molar refractivity (Wildman–Crippen MR) is 101 cm³/mol. The van der Waals surface area contributed by atoms with Gasteiger partial charge in [0, 0.05) is 5.69 Å². The maximum atomic E-state index is 12.5. The Labute approximate surface area is 154 Å². The van der Waals surface area contributed by atoms with Crippen molar-refractivity contribution < 1.29 is 19.4 Å². The molecule has 1 amide bonds. The number of aliphatic carboxylic acids is 1. The summed E-state index contributed by atoms with van der Waals surface area (Å²) in [4.78, 5) is 23.5. The standard InChI is InChI=1S/C21H25NO4/c1-15(19(23)24)17-9-11-18(12-10-17)22-20(25)21(2,3)14-26-13-16-7-5-4-6-8-16/h4-12,15H,13-14H2,1-3H3,(H,22,25)(H,23,24). The summed E-state index contributed by atoms with van der Waals surface area (Å²) in [6.45, 7) is 6.03. The van der Waals surface area contributed by atoms with E-state index in [1.54, 1.807) is 31.2 Å². The Morgan fingerprint density at radius 2 is 1.69 bits per heavy atom. The second kappa shape index (κ2) is 8.63. The van der Waals surface area contributed by atoms with E-state index in [4.69, 9.17) is 9.84 Å². The molecule has 0 aliphatic rings. The maximum absolute atomic E-state index is 12.5. The van der Waals surface area contributed by atoms with Gasteiger partial charge in [0.15, 0.2) is 0 Å². The van der Waals surface area contributed by atoms with Crippen LogP contribution in [0.25, 0.3) is 0 Å². The topological polar surface area (TPSA) is 75.6 Å². The fraction of sp³-hybridized carbons (Fsp3) is 0.333. The molecule has 0 aromatic heterocycles. The van der Waals surface area contributed by atoms with E-state index in [0.29, 0.717) is 24.5 Å². The average molecular weight is 355 g/mol. The van der Waals surface area contributed by atoms with Gasteiger partial charge >= 0.3 is 5.97 Å². The summed E-state index contributed by atoms with van der Waals surface area (Å²) >= 11 is 0. The van der Waals surface area contributed by atoms with Gasteiger partial charge in [0.2, 0.25) is 5.91 Å². The molecule has 5 heteroatoms. The summed E-state index contributed by atoms with van der Waals surface area (Å²) in [5.74, 6) is -1.61. The molecule has 26 heavy (non-hydrogen) atoms. The molecule has 2 aromatic rings. The van der Waals surface area contributed by atoms with Crippen LogP contribution in [0.3, 0.4) is 0 Å². The van der Waals surface area contributed by atoms with Crippen LogP contribution in [0.2, 0.25) is 0 Å². The van der Waals surface area contributed by atoms with E-state index in [0.717, 1.165) is 5.56 Å². The molecule has 138 valence electrons. The Morgan fingerprint density at radius 1 is 1.08 bits per heavy atom. The van der Waals surface area contributed by atoms with Crippen molar-refractivity contribution >= 4 is 17.6 Å². The molecule has 1 atom stereocenters. The Kier molecular flexibility index (Phi) is 6.52. The lowest BCUT2D eigenvalue weighted by Crippen LogP contribution is -2.35. The molecule has 0 heterocycles. The first-order valence-electron chi connectivity index (χ1n) is 8.55. The molecule has 1 unspecified atom stereocenters. The number of amides is 1. The fourth-order valence-corrected chi connectivity index (χ4v) is 2.36. The van der Waals surface area contributed by atoms with Gasteiger partial charge in [-0.25, -0.2) is 0 Å². The minimum Gasteiger partial charge on any atom is -0.481 e. The summed E-state index contributed by atoms with van der Waals surface area (Å²) in [5, 5.41) is 11.9. The monoisotopic (exact) mass is 355 g/mol. The highest BCUT2D eigenvalue weighted by molar-refractivity contribution is 5.95. The molecule has 0 radical (unpaired) electrons. The highest BCUT2D eigenvalue weighted by Gasteiger charge is 2.28. The van der Waals surface area contributed by atoms with E-state index in [-0.39, 0.29) is 5.91 Å². The van der Waals surface area contributed by atoms with Gasteiger partial charge in [-0.2, -0.15) is 0 Å². The predicted octanol–water partition coefficient (Wildman–Crippen LogP) is 4.06. The zero-order valence-electron chi connectivity index (χ0n) is 15.4. The van der Waals surface area contributed by atoms with Crippen molar-refractivity contribution in [2.24, 2.45) is 5.41 Å². The molecule has 2 aromatic carbocycles. The molecule has 0 aliphatic heterocycles. The fourth-order valence-electron chi connectivity index (χ4n) is 2.36. The largest absolute Gasteiger partial charge is 0.481 e. The molecular formula is C21H25NO4. The summed E-state index contributed by atoms with van der Waals surface area (Å²) in [7, 11) is 0. The van der Waals surface area contributed by atoms with Crippen molar-refractivity contribution in [3.63, 3.8) is 0 Å². The third kappa shape index (κ3) is 5.43. The number of carboxylic acid groups (broad SMARTS) is 1. The van der Waals surface area contributed by atoms with Gasteiger partial charge in [-0.15, -0.1) is 0 Å². The van der Waals surface area contributed by atoms with Crippen molar-refractivity contribution in [2.75, 3.05) is 11.9 Å². The van der Waals surface area contributed by atoms with Crippen LogP contribution in [0, 0.1) is 5.41 Å². The zero-order chi connectivity index (χ0) is 19.2. The zero-order valence-corrected chi connectivity index (χ0v) is 15.4. The highest BCUT2D eigenvalue weighted by atomic mass is 16.5. The van der Waals surface area contributed by atoms with E-state index in [1.165, 1.54) is 0 Å². The van der Waals surface area contributed by atoms with E-state index < -0.39 is 17.3 Å². The lowest BCUT2D eigenvalue weighted by atomic mass is 9.93. The molecule has 2 rings (SSSR count). The number of ether oxygens (including phenoxy) is 1. The number of nitrogens with one attached hydrogen (secondary N) is 1. The third-order valence-corrected chi connectivity index (χ3v) is 4.23. The first-order valence-corrected chi connectivity index (χ1v) is 8.55. The van der Waals surface area contributed by atoms with Crippen molar-refractivity contribution in [3.05, 3.63) is 65.7 Å². The Morgan fingerprint density at radius 3 is 2.27 bits per heavy atom. The molecular weight excluding hydrogens is 330 g/mol. The van der Waals surface area contributed by atoms with Crippen LogP contribution >= 0.6 is 0 Å². The van der Waals surface area contributed by atoms with Crippen LogP contribution in [0.4, 0.5) is 5.69 Å². The average Bonchev–Trinajstić information content (AvgIpc) is 2.62.